The van der Waals surface area contributed by atoms with Gasteiger partial charge in [0.15, 0.2) is 0 Å². The average Bonchev–Trinajstić information content (AvgIpc) is 2.79. The summed E-state index contributed by atoms with van der Waals surface area (Å²) in [6, 6.07) is 13.9. The summed E-state index contributed by atoms with van der Waals surface area (Å²) in [6.45, 7) is 3.59. The third kappa shape index (κ3) is 3.80. The van der Waals surface area contributed by atoms with Gasteiger partial charge in [-0.3, -0.25) is 4.79 Å². The van der Waals surface area contributed by atoms with Crippen molar-refractivity contribution < 1.29 is 4.79 Å². The Labute approximate surface area is 148 Å². The molecular formula is C20H23ClN2O. The summed E-state index contributed by atoms with van der Waals surface area (Å²) in [5.41, 5.74) is 10.1. The fourth-order valence-corrected chi connectivity index (χ4v) is 3.48. The third-order valence-corrected chi connectivity index (χ3v) is 4.93. The number of amides is 1. The molecule has 0 aromatic heterocycles. The molecule has 1 saturated heterocycles. The lowest BCUT2D eigenvalue weighted by atomic mass is 9.99. The Hall–Kier alpha value is -1.84. The van der Waals surface area contributed by atoms with E-state index in [9.17, 15) is 4.79 Å². The van der Waals surface area contributed by atoms with Gasteiger partial charge >= 0.3 is 0 Å². The van der Waals surface area contributed by atoms with Gasteiger partial charge in [-0.15, -0.1) is 0 Å². The van der Waals surface area contributed by atoms with Crippen LogP contribution in [0, 0.1) is 6.92 Å². The number of likely N-dealkylation sites (tertiary alicyclic amines) is 1. The molecule has 1 aliphatic rings. The quantitative estimate of drug-likeness (QED) is 0.885. The molecular weight excluding hydrogens is 320 g/mol. The third-order valence-electron chi connectivity index (χ3n) is 4.69. The number of nitrogens with zero attached hydrogens (tertiary/aromatic N) is 1. The van der Waals surface area contributed by atoms with Gasteiger partial charge in [-0.25, -0.2) is 0 Å². The van der Waals surface area contributed by atoms with Gasteiger partial charge in [0.25, 0.3) is 5.91 Å². The van der Waals surface area contributed by atoms with Crippen LogP contribution >= 0.6 is 11.6 Å². The molecule has 0 unspecified atom stereocenters. The van der Waals surface area contributed by atoms with Crippen molar-refractivity contribution in [1.82, 2.24) is 4.90 Å². The summed E-state index contributed by atoms with van der Waals surface area (Å²) in [5, 5.41) is 0.738. The second kappa shape index (κ2) is 7.37. The highest BCUT2D eigenvalue weighted by molar-refractivity contribution is 6.30. The number of aryl methyl sites for hydroxylation is 1. The monoisotopic (exact) mass is 342 g/mol. The lowest BCUT2D eigenvalue weighted by molar-refractivity contribution is 0.0761. The fraction of sp³-hybridized carbons (Fsp3) is 0.350. The number of carbonyl (C=O) groups excluding carboxylic acids is 1. The molecule has 4 heteroatoms. The first-order chi connectivity index (χ1) is 11.5. The number of rotatable bonds is 2. The van der Waals surface area contributed by atoms with Crippen LogP contribution < -0.4 is 5.73 Å². The van der Waals surface area contributed by atoms with Gasteiger partial charge in [0.2, 0.25) is 0 Å². The Morgan fingerprint density at radius 1 is 1.12 bits per heavy atom. The zero-order chi connectivity index (χ0) is 17.1. The first-order valence-electron chi connectivity index (χ1n) is 8.46. The van der Waals surface area contributed by atoms with Crippen LogP contribution in [0.1, 0.15) is 35.2 Å². The van der Waals surface area contributed by atoms with E-state index >= 15 is 0 Å². The van der Waals surface area contributed by atoms with Crippen molar-refractivity contribution in [2.45, 2.75) is 32.2 Å². The summed E-state index contributed by atoms with van der Waals surface area (Å²) >= 11 is 6.02. The number of benzene rings is 2. The Morgan fingerprint density at radius 3 is 2.58 bits per heavy atom. The molecule has 126 valence electrons. The van der Waals surface area contributed by atoms with Gasteiger partial charge in [-0.1, -0.05) is 29.8 Å². The van der Waals surface area contributed by atoms with Gasteiger partial charge in [0.1, 0.15) is 0 Å². The highest BCUT2D eigenvalue weighted by Crippen LogP contribution is 2.26. The van der Waals surface area contributed by atoms with Gasteiger partial charge < -0.3 is 10.6 Å². The zero-order valence-electron chi connectivity index (χ0n) is 14.0. The minimum atomic E-state index is 0.100. The van der Waals surface area contributed by atoms with Gasteiger partial charge in [0.05, 0.1) is 0 Å². The molecule has 1 amide bonds. The number of hydrogen-bond acceptors (Lipinski definition) is 2. The van der Waals surface area contributed by atoms with Gasteiger partial charge in [-0.2, -0.15) is 0 Å². The van der Waals surface area contributed by atoms with Crippen molar-refractivity contribution in [3.05, 3.63) is 58.6 Å². The van der Waals surface area contributed by atoms with E-state index in [1.54, 1.807) is 0 Å². The lowest BCUT2D eigenvalue weighted by Gasteiger charge is -2.20. The summed E-state index contributed by atoms with van der Waals surface area (Å²) in [6.07, 6.45) is 2.86. The van der Waals surface area contributed by atoms with Crippen LogP contribution in [0.4, 0.5) is 0 Å². The summed E-state index contributed by atoms with van der Waals surface area (Å²) in [7, 11) is 0. The fourth-order valence-electron chi connectivity index (χ4n) is 3.25. The first-order valence-corrected chi connectivity index (χ1v) is 8.84. The van der Waals surface area contributed by atoms with Crippen LogP contribution in [0.3, 0.4) is 0 Å². The Morgan fingerprint density at radius 2 is 1.88 bits per heavy atom. The van der Waals surface area contributed by atoms with E-state index in [4.69, 9.17) is 17.3 Å². The maximum atomic E-state index is 12.7. The van der Waals surface area contributed by atoms with E-state index in [2.05, 4.69) is 0 Å². The van der Waals surface area contributed by atoms with Crippen molar-refractivity contribution in [2.75, 3.05) is 13.1 Å². The number of hydrogen-bond donors (Lipinski definition) is 1. The molecule has 0 radical (unpaired) electrons. The molecule has 1 heterocycles. The molecule has 1 fully saturated rings. The van der Waals surface area contributed by atoms with Crippen molar-refractivity contribution in [1.29, 1.82) is 0 Å². The Bertz CT molecular complexity index is 727. The van der Waals surface area contributed by atoms with Crippen LogP contribution in [0.5, 0.6) is 0 Å². The molecule has 1 aliphatic heterocycles. The highest BCUT2D eigenvalue weighted by Gasteiger charge is 2.19. The van der Waals surface area contributed by atoms with Crippen LogP contribution in [-0.2, 0) is 0 Å². The van der Waals surface area contributed by atoms with Crippen molar-refractivity contribution in [2.24, 2.45) is 5.73 Å². The molecule has 2 aromatic carbocycles. The van der Waals surface area contributed by atoms with Gasteiger partial charge in [0, 0.05) is 29.7 Å². The average molecular weight is 343 g/mol. The van der Waals surface area contributed by atoms with E-state index in [0.717, 1.165) is 59.6 Å². The molecule has 3 nitrogen and oxygen atoms in total. The normalized spacial score (nSPS) is 18.3. The van der Waals surface area contributed by atoms with Crippen LogP contribution in [0.25, 0.3) is 11.1 Å². The van der Waals surface area contributed by atoms with E-state index in [1.807, 2.05) is 54.3 Å². The molecule has 0 aliphatic carbocycles. The largest absolute Gasteiger partial charge is 0.339 e. The van der Waals surface area contributed by atoms with E-state index < -0.39 is 0 Å². The van der Waals surface area contributed by atoms with Crippen molar-refractivity contribution >= 4 is 17.5 Å². The van der Waals surface area contributed by atoms with Crippen molar-refractivity contribution in [3.63, 3.8) is 0 Å². The molecule has 3 rings (SSSR count). The molecule has 2 aromatic rings. The van der Waals surface area contributed by atoms with Crippen LogP contribution in [0.15, 0.2) is 42.5 Å². The first kappa shape index (κ1) is 17.0. The number of nitrogens with two attached hydrogens (primary N) is 1. The molecule has 2 N–H and O–H groups in total. The summed E-state index contributed by atoms with van der Waals surface area (Å²) in [4.78, 5) is 14.6. The van der Waals surface area contributed by atoms with Crippen molar-refractivity contribution in [3.8, 4) is 11.1 Å². The van der Waals surface area contributed by atoms with Crippen LogP contribution in [0.2, 0.25) is 5.02 Å². The van der Waals surface area contributed by atoms with E-state index in [-0.39, 0.29) is 11.9 Å². The molecule has 0 bridgehead atoms. The number of halogens is 1. The predicted octanol–water partition coefficient (Wildman–Crippen LogP) is 4.27. The maximum Gasteiger partial charge on any atom is 0.253 e. The molecule has 1 atom stereocenters. The second-order valence-corrected chi connectivity index (χ2v) is 6.96. The minimum Gasteiger partial charge on any atom is -0.339 e. The van der Waals surface area contributed by atoms with Gasteiger partial charge in [-0.05, 0) is 67.1 Å². The van der Waals surface area contributed by atoms with E-state index in [1.165, 1.54) is 0 Å². The number of carbonyl (C=O) groups is 1. The smallest absolute Gasteiger partial charge is 0.253 e. The highest BCUT2D eigenvalue weighted by atomic mass is 35.5. The summed E-state index contributed by atoms with van der Waals surface area (Å²) < 4.78 is 0. The second-order valence-electron chi connectivity index (χ2n) is 6.52. The van der Waals surface area contributed by atoms with E-state index in [0.29, 0.717) is 0 Å². The SMILES string of the molecule is Cc1cc(Cl)ccc1-c1ccc(C(=O)N2CCC[C@@H](N)CC2)cc1. The standard InChI is InChI=1S/C20H23ClN2O/c1-14-13-17(21)8-9-19(14)15-4-6-16(7-5-15)20(24)23-11-2-3-18(22)10-12-23/h4-9,13,18H,2-3,10-12,22H2,1H3/t18-/m1/s1. The zero-order valence-corrected chi connectivity index (χ0v) is 14.7. The topological polar surface area (TPSA) is 46.3 Å². The minimum absolute atomic E-state index is 0.100. The molecule has 0 spiro atoms. The molecule has 24 heavy (non-hydrogen) atoms. The maximum absolute atomic E-state index is 12.7. The lowest BCUT2D eigenvalue weighted by Crippen LogP contribution is -2.32. The molecule has 0 saturated carbocycles. The predicted molar refractivity (Wildman–Crippen MR) is 99.4 cm³/mol. The Kier molecular flexibility index (Phi) is 5.22. The Balaban J connectivity index is 1.77. The van der Waals surface area contributed by atoms with Crippen LogP contribution in [-0.4, -0.2) is 29.9 Å². The summed E-state index contributed by atoms with van der Waals surface area (Å²) in [5.74, 6) is 0.100.